The molecule has 0 saturated heterocycles. The van der Waals surface area contributed by atoms with Crippen LogP contribution >= 0.6 is 0 Å². The molecular formula is C19H23N3O3S. The van der Waals surface area contributed by atoms with Gasteiger partial charge in [0, 0.05) is 19.7 Å². The zero-order chi connectivity index (χ0) is 18.6. The van der Waals surface area contributed by atoms with Crippen LogP contribution in [-0.2, 0) is 23.7 Å². The molecule has 0 saturated carbocycles. The fraction of sp³-hybridized carbons (Fsp3) is 0.316. The Hall–Kier alpha value is -2.38. The Morgan fingerprint density at radius 1 is 1.15 bits per heavy atom. The molecule has 3 rings (SSSR count). The van der Waals surface area contributed by atoms with E-state index >= 15 is 0 Å². The molecule has 0 unspecified atom stereocenters. The van der Waals surface area contributed by atoms with Crippen LogP contribution in [0.15, 0.2) is 53.4 Å². The van der Waals surface area contributed by atoms with Crippen LogP contribution in [0.5, 0.6) is 5.75 Å². The highest BCUT2D eigenvalue weighted by Gasteiger charge is 2.14. The molecule has 0 aliphatic heterocycles. The molecule has 6 nitrogen and oxygen atoms in total. The Balaban J connectivity index is 1.73. The van der Waals surface area contributed by atoms with Gasteiger partial charge in [-0.15, -0.1) is 0 Å². The molecule has 0 bridgehead atoms. The number of benzene rings is 2. The number of imidazole rings is 1. The highest BCUT2D eigenvalue weighted by molar-refractivity contribution is 7.89. The van der Waals surface area contributed by atoms with Gasteiger partial charge in [-0.1, -0.05) is 31.5 Å². The fourth-order valence-corrected chi connectivity index (χ4v) is 3.78. The van der Waals surface area contributed by atoms with E-state index in [0.29, 0.717) is 12.3 Å². The van der Waals surface area contributed by atoms with Gasteiger partial charge < -0.3 is 9.30 Å². The molecule has 0 aliphatic carbocycles. The molecule has 0 spiro atoms. The van der Waals surface area contributed by atoms with Crippen molar-refractivity contribution in [2.75, 3.05) is 6.54 Å². The van der Waals surface area contributed by atoms with Crippen molar-refractivity contribution in [1.29, 1.82) is 0 Å². The maximum Gasteiger partial charge on any atom is 0.240 e. The van der Waals surface area contributed by atoms with E-state index in [1.165, 1.54) is 6.07 Å². The Labute approximate surface area is 153 Å². The van der Waals surface area contributed by atoms with Crippen LogP contribution in [0.1, 0.15) is 25.6 Å². The minimum atomic E-state index is -3.52. The molecule has 1 heterocycles. The molecule has 1 aromatic heterocycles. The van der Waals surface area contributed by atoms with E-state index in [1.807, 2.05) is 42.8 Å². The second kappa shape index (κ2) is 7.88. The normalized spacial score (nSPS) is 11.8. The summed E-state index contributed by atoms with van der Waals surface area (Å²) in [7, 11) is -1.58. The number of ether oxygens (including phenoxy) is 1. The summed E-state index contributed by atoms with van der Waals surface area (Å²) in [6.07, 6.45) is 1.74. The first-order valence-electron chi connectivity index (χ1n) is 8.64. The highest BCUT2D eigenvalue weighted by atomic mass is 32.2. The van der Waals surface area contributed by atoms with Gasteiger partial charge in [-0.3, -0.25) is 0 Å². The number of sulfonamides is 1. The lowest BCUT2D eigenvalue weighted by Crippen LogP contribution is -2.24. The van der Waals surface area contributed by atoms with Crippen LogP contribution in [0.4, 0.5) is 0 Å². The zero-order valence-electron chi connectivity index (χ0n) is 15.0. The number of hydrogen-bond donors (Lipinski definition) is 1. The van der Waals surface area contributed by atoms with Crippen LogP contribution in [0, 0.1) is 0 Å². The monoisotopic (exact) mass is 373 g/mol. The molecule has 26 heavy (non-hydrogen) atoms. The number of rotatable bonds is 8. The SMILES string of the molecule is CCCCNS(=O)(=O)c1cccc(OCc2nc3ccccc3n2C)c1. The minimum absolute atomic E-state index is 0.205. The molecule has 2 aromatic carbocycles. The van der Waals surface area contributed by atoms with Crippen molar-refractivity contribution >= 4 is 21.1 Å². The zero-order valence-corrected chi connectivity index (χ0v) is 15.8. The Bertz CT molecular complexity index is 996. The maximum absolute atomic E-state index is 12.3. The molecule has 138 valence electrons. The highest BCUT2D eigenvalue weighted by Crippen LogP contribution is 2.20. The van der Waals surface area contributed by atoms with Gasteiger partial charge in [0.25, 0.3) is 0 Å². The van der Waals surface area contributed by atoms with Crippen molar-refractivity contribution in [2.24, 2.45) is 7.05 Å². The number of fused-ring (bicyclic) bond motifs is 1. The van der Waals surface area contributed by atoms with Crippen molar-refractivity contribution in [3.8, 4) is 5.75 Å². The van der Waals surface area contributed by atoms with Gasteiger partial charge >= 0.3 is 0 Å². The van der Waals surface area contributed by atoms with E-state index < -0.39 is 10.0 Å². The average Bonchev–Trinajstić information content (AvgIpc) is 2.97. The molecular weight excluding hydrogens is 350 g/mol. The van der Waals surface area contributed by atoms with E-state index in [1.54, 1.807) is 18.2 Å². The van der Waals surface area contributed by atoms with Crippen molar-refractivity contribution < 1.29 is 13.2 Å². The van der Waals surface area contributed by atoms with E-state index in [2.05, 4.69) is 9.71 Å². The third kappa shape index (κ3) is 4.05. The summed E-state index contributed by atoms with van der Waals surface area (Å²) in [5.41, 5.74) is 1.94. The second-order valence-corrected chi connectivity index (χ2v) is 7.86. The smallest absolute Gasteiger partial charge is 0.240 e. The minimum Gasteiger partial charge on any atom is -0.486 e. The lowest BCUT2D eigenvalue weighted by Gasteiger charge is -2.09. The molecule has 0 amide bonds. The van der Waals surface area contributed by atoms with E-state index in [4.69, 9.17) is 4.74 Å². The fourth-order valence-electron chi connectivity index (χ4n) is 2.67. The summed E-state index contributed by atoms with van der Waals surface area (Å²) in [4.78, 5) is 4.76. The first-order chi connectivity index (χ1) is 12.5. The third-order valence-electron chi connectivity index (χ3n) is 4.19. The van der Waals surface area contributed by atoms with E-state index in [-0.39, 0.29) is 11.5 Å². The first-order valence-corrected chi connectivity index (χ1v) is 10.1. The number of nitrogens with one attached hydrogen (secondary N) is 1. The Kier molecular flexibility index (Phi) is 5.58. The predicted molar refractivity (Wildman–Crippen MR) is 102 cm³/mol. The summed E-state index contributed by atoms with van der Waals surface area (Å²) < 4.78 is 35.0. The maximum atomic E-state index is 12.3. The second-order valence-electron chi connectivity index (χ2n) is 6.09. The van der Waals surface area contributed by atoms with Crippen molar-refractivity contribution in [3.63, 3.8) is 0 Å². The van der Waals surface area contributed by atoms with Gasteiger partial charge in [-0.2, -0.15) is 0 Å². The molecule has 0 atom stereocenters. The topological polar surface area (TPSA) is 73.2 Å². The third-order valence-corrected chi connectivity index (χ3v) is 5.64. The number of unbranched alkanes of at least 4 members (excludes halogenated alkanes) is 1. The van der Waals surface area contributed by atoms with Gasteiger partial charge in [0.05, 0.1) is 15.9 Å². The van der Waals surface area contributed by atoms with Crippen molar-refractivity contribution in [3.05, 3.63) is 54.4 Å². The number of para-hydroxylation sites is 2. The van der Waals surface area contributed by atoms with Crippen LogP contribution < -0.4 is 9.46 Å². The largest absolute Gasteiger partial charge is 0.486 e. The first kappa shape index (κ1) is 18.4. The summed E-state index contributed by atoms with van der Waals surface area (Å²) in [5, 5.41) is 0. The van der Waals surface area contributed by atoms with E-state index in [9.17, 15) is 8.42 Å². The molecule has 0 aliphatic rings. The molecule has 0 fully saturated rings. The summed E-state index contributed by atoms with van der Waals surface area (Å²) >= 11 is 0. The van der Waals surface area contributed by atoms with Gasteiger partial charge in [-0.05, 0) is 30.7 Å². The van der Waals surface area contributed by atoms with Gasteiger partial charge in [0.15, 0.2) is 0 Å². The molecule has 7 heteroatoms. The summed E-state index contributed by atoms with van der Waals surface area (Å²) in [6, 6.07) is 14.4. The summed E-state index contributed by atoms with van der Waals surface area (Å²) in [6.45, 7) is 2.71. The van der Waals surface area contributed by atoms with Gasteiger partial charge in [0.1, 0.15) is 18.2 Å². The standard InChI is InChI=1S/C19H23N3O3S/c1-3-4-12-20-26(23,24)16-9-7-8-15(13-16)25-14-19-21-17-10-5-6-11-18(17)22(19)2/h5-11,13,20H,3-4,12,14H2,1-2H3. The Morgan fingerprint density at radius 2 is 1.96 bits per heavy atom. The average molecular weight is 373 g/mol. The van der Waals surface area contributed by atoms with Gasteiger partial charge in [-0.25, -0.2) is 18.1 Å². The summed E-state index contributed by atoms with van der Waals surface area (Å²) in [5.74, 6) is 1.27. The van der Waals surface area contributed by atoms with Crippen molar-refractivity contribution in [1.82, 2.24) is 14.3 Å². The lowest BCUT2D eigenvalue weighted by molar-refractivity contribution is 0.291. The van der Waals surface area contributed by atoms with Crippen molar-refractivity contribution in [2.45, 2.75) is 31.3 Å². The number of hydrogen-bond acceptors (Lipinski definition) is 4. The predicted octanol–water partition coefficient (Wildman–Crippen LogP) is 3.23. The molecule has 0 radical (unpaired) electrons. The van der Waals surface area contributed by atoms with E-state index in [0.717, 1.165) is 29.7 Å². The number of aromatic nitrogens is 2. The van der Waals surface area contributed by atoms with Gasteiger partial charge in [0.2, 0.25) is 10.0 Å². The number of nitrogens with zero attached hydrogens (tertiary/aromatic N) is 2. The molecule has 1 N–H and O–H groups in total. The van der Waals surface area contributed by atoms with Crippen LogP contribution in [0.25, 0.3) is 11.0 Å². The lowest BCUT2D eigenvalue weighted by atomic mass is 10.3. The quantitative estimate of drug-likeness (QED) is 0.615. The van der Waals surface area contributed by atoms with Crippen LogP contribution in [-0.4, -0.2) is 24.5 Å². The van der Waals surface area contributed by atoms with Crippen LogP contribution in [0.3, 0.4) is 0 Å². The molecule has 3 aromatic rings. The number of aryl methyl sites for hydroxylation is 1. The Morgan fingerprint density at radius 3 is 2.73 bits per heavy atom. The van der Waals surface area contributed by atoms with Crippen LogP contribution in [0.2, 0.25) is 0 Å².